The Bertz CT molecular complexity index is 329. The summed E-state index contributed by atoms with van der Waals surface area (Å²) in [5.74, 6) is 0. The summed E-state index contributed by atoms with van der Waals surface area (Å²) in [5.41, 5.74) is 0. The molecule has 166 valence electrons. The van der Waals surface area contributed by atoms with Gasteiger partial charge in [0.1, 0.15) is 37.3 Å². The topological polar surface area (TPSA) is 190 Å². The van der Waals surface area contributed by atoms with Gasteiger partial charge in [0, 0.05) is 6.42 Å². The number of rotatable bonds is 3. The first kappa shape index (κ1) is 28.8. The van der Waals surface area contributed by atoms with Gasteiger partial charge in [-0.15, -0.1) is 0 Å². The summed E-state index contributed by atoms with van der Waals surface area (Å²) >= 11 is 0. The number of hydrogen-bond donors (Lipinski definition) is 8. The fourth-order valence-corrected chi connectivity index (χ4v) is 2.03. The van der Waals surface area contributed by atoms with E-state index in [2.05, 4.69) is 9.47 Å². The highest BCUT2D eigenvalue weighted by Crippen LogP contribution is 2.21. The maximum absolute atomic E-state index is 9.30. The third-order valence-electron chi connectivity index (χ3n) is 3.43. The zero-order valence-electron chi connectivity index (χ0n) is 16.2. The maximum Gasteiger partial charge on any atom is 0.189 e. The molecular weight excluding hydrogens is 368 g/mol. The van der Waals surface area contributed by atoms with Gasteiger partial charge in [-0.3, -0.25) is 0 Å². The smallest absolute Gasteiger partial charge is 0.189 e. The van der Waals surface area contributed by atoms with E-state index < -0.39 is 62.6 Å². The summed E-state index contributed by atoms with van der Waals surface area (Å²) in [4.78, 5) is 0. The molecule has 11 nitrogen and oxygen atoms in total. The maximum atomic E-state index is 9.30. The van der Waals surface area contributed by atoms with Gasteiger partial charge in [-0.1, -0.05) is 27.7 Å². The molecule has 2 fully saturated rings. The summed E-state index contributed by atoms with van der Waals surface area (Å²) < 4.78 is 14.0. The van der Waals surface area contributed by atoms with Crippen molar-refractivity contribution < 1.29 is 55.1 Å². The molecule has 0 bridgehead atoms. The van der Waals surface area contributed by atoms with E-state index in [1.165, 1.54) is 0 Å². The lowest BCUT2D eigenvalue weighted by atomic mass is 9.99. The molecule has 0 saturated carbocycles. The standard InChI is InChI=1S/C7H14O7.C5H10O4.2C2H6/c8-1-3-4(10)5(11)6(12)7(14-3)13-2-9;6-3-1-5(8)9-2-4(3)7;2*1-2/h3-12H,1-2H2;3-8H,1-2H2;2*1-2H3. The molecular formula is C16H36O11. The number of aliphatic hydroxyl groups is 8. The van der Waals surface area contributed by atoms with Crippen LogP contribution in [0.5, 0.6) is 0 Å². The van der Waals surface area contributed by atoms with E-state index in [0.717, 1.165) is 0 Å². The number of aliphatic hydroxyl groups excluding tert-OH is 8. The normalized spacial score (nSPS) is 38.2. The molecule has 8 N–H and O–H groups in total. The second-order valence-corrected chi connectivity index (χ2v) is 5.15. The van der Waals surface area contributed by atoms with E-state index in [1.54, 1.807) is 0 Å². The Morgan fingerprint density at radius 2 is 1.37 bits per heavy atom. The first-order valence-corrected chi connectivity index (χ1v) is 9.00. The minimum atomic E-state index is -1.47. The summed E-state index contributed by atoms with van der Waals surface area (Å²) in [5, 5.41) is 71.4. The fourth-order valence-electron chi connectivity index (χ4n) is 2.03. The zero-order valence-corrected chi connectivity index (χ0v) is 16.2. The van der Waals surface area contributed by atoms with Crippen LogP contribution in [0.2, 0.25) is 0 Å². The third-order valence-corrected chi connectivity index (χ3v) is 3.43. The summed E-state index contributed by atoms with van der Waals surface area (Å²) in [7, 11) is 0. The van der Waals surface area contributed by atoms with Gasteiger partial charge < -0.3 is 55.1 Å². The zero-order chi connectivity index (χ0) is 21.6. The molecule has 0 aromatic rings. The molecule has 11 heteroatoms. The van der Waals surface area contributed by atoms with Crippen molar-refractivity contribution in [2.45, 2.75) is 83.3 Å². The van der Waals surface area contributed by atoms with Crippen molar-refractivity contribution in [3.05, 3.63) is 0 Å². The van der Waals surface area contributed by atoms with E-state index in [4.69, 9.17) is 30.3 Å². The van der Waals surface area contributed by atoms with Gasteiger partial charge in [0.05, 0.1) is 19.3 Å². The van der Waals surface area contributed by atoms with Crippen LogP contribution in [0.1, 0.15) is 34.1 Å². The van der Waals surface area contributed by atoms with Gasteiger partial charge in [-0.05, 0) is 0 Å². The van der Waals surface area contributed by atoms with Crippen molar-refractivity contribution in [2.24, 2.45) is 0 Å². The van der Waals surface area contributed by atoms with Gasteiger partial charge >= 0.3 is 0 Å². The highest BCUT2D eigenvalue weighted by molar-refractivity contribution is 4.88. The Morgan fingerprint density at radius 1 is 0.815 bits per heavy atom. The van der Waals surface area contributed by atoms with Crippen molar-refractivity contribution in [1.29, 1.82) is 0 Å². The van der Waals surface area contributed by atoms with Crippen LogP contribution in [-0.2, 0) is 14.2 Å². The molecule has 0 aromatic carbocycles. The lowest BCUT2D eigenvalue weighted by Crippen LogP contribution is -2.59. The van der Waals surface area contributed by atoms with Gasteiger partial charge in [0.15, 0.2) is 12.6 Å². The van der Waals surface area contributed by atoms with Crippen molar-refractivity contribution in [3.63, 3.8) is 0 Å². The molecule has 2 heterocycles. The molecule has 0 aliphatic carbocycles. The third kappa shape index (κ3) is 10.1. The van der Waals surface area contributed by atoms with Crippen LogP contribution in [-0.4, -0.2) is 110 Å². The van der Waals surface area contributed by atoms with E-state index in [0.29, 0.717) is 0 Å². The Balaban J connectivity index is 0. The summed E-state index contributed by atoms with van der Waals surface area (Å²) in [6.45, 7) is 6.81. The first-order chi connectivity index (χ1) is 12.8. The lowest BCUT2D eigenvalue weighted by molar-refractivity contribution is -0.313. The predicted molar refractivity (Wildman–Crippen MR) is 93.2 cm³/mol. The Labute approximate surface area is 159 Å². The molecule has 27 heavy (non-hydrogen) atoms. The largest absolute Gasteiger partial charge is 0.394 e. The number of ether oxygens (including phenoxy) is 3. The molecule has 0 amide bonds. The van der Waals surface area contributed by atoms with Gasteiger partial charge in [0.2, 0.25) is 0 Å². The number of hydrogen-bond acceptors (Lipinski definition) is 11. The van der Waals surface area contributed by atoms with Crippen molar-refractivity contribution in [2.75, 3.05) is 20.0 Å². The monoisotopic (exact) mass is 404 g/mol. The van der Waals surface area contributed by atoms with Gasteiger partial charge in [-0.2, -0.15) is 0 Å². The minimum absolute atomic E-state index is 0.0162. The van der Waals surface area contributed by atoms with Crippen LogP contribution in [0, 0.1) is 0 Å². The summed E-state index contributed by atoms with van der Waals surface area (Å²) in [6, 6.07) is 0. The second kappa shape index (κ2) is 16.5. The minimum Gasteiger partial charge on any atom is -0.394 e. The SMILES string of the molecule is CC.CC.OC1CC(O)C(O)CO1.OCOC1OC(CO)C(O)C(O)C1O. The quantitative estimate of drug-likeness (QED) is 0.228. The van der Waals surface area contributed by atoms with Crippen LogP contribution < -0.4 is 0 Å². The molecule has 0 radical (unpaired) electrons. The lowest BCUT2D eigenvalue weighted by Gasteiger charge is -2.39. The summed E-state index contributed by atoms with van der Waals surface area (Å²) in [6.07, 6.45) is -9.10. The Morgan fingerprint density at radius 3 is 1.78 bits per heavy atom. The van der Waals surface area contributed by atoms with Crippen molar-refractivity contribution in [3.8, 4) is 0 Å². The van der Waals surface area contributed by atoms with E-state index >= 15 is 0 Å². The molecule has 8 unspecified atom stereocenters. The molecule has 8 atom stereocenters. The molecule has 2 rings (SSSR count). The first-order valence-electron chi connectivity index (χ1n) is 9.00. The average molecular weight is 404 g/mol. The van der Waals surface area contributed by atoms with Crippen molar-refractivity contribution >= 4 is 0 Å². The van der Waals surface area contributed by atoms with Crippen LogP contribution in [0.25, 0.3) is 0 Å². The molecule has 2 aliphatic heterocycles. The van der Waals surface area contributed by atoms with E-state index in [9.17, 15) is 15.3 Å². The molecule has 0 aromatic heterocycles. The fraction of sp³-hybridized carbons (Fsp3) is 1.00. The van der Waals surface area contributed by atoms with Gasteiger partial charge in [0.25, 0.3) is 0 Å². The second-order valence-electron chi connectivity index (χ2n) is 5.15. The van der Waals surface area contributed by atoms with E-state index in [-0.39, 0.29) is 13.0 Å². The van der Waals surface area contributed by atoms with Crippen LogP contribution in [0.3, 0.4) is 0 Å². The van der Waals surface area contributed by atoms with Crippen molar-refractivity contribution in [1.82, 2.24) is 0 Å². The molecule has 0 spiro atoms. The predicted octanol–water partition coefficient (Wildman–Crippen LogP) is -2.75. The highest BCUT2D eigenvalue weighted by Gasteiger charge is 2.43. The Kier molecular flexibility index (Phi) is 17.6. The van der Waals surface area contributed by atoms with Crippen LogP contribution in [0.15, 0.2) is 0 Å². The van der Waals surface area contributed by atoms with Crippen LogP contribution in [0.4, 0.5) is 0 Å². The molecule has 2 saturated heterocycles. The van der Waals surface area contributed by atoms with Gasteiger partial charge in [-0.25, -0.2) is 0 Å². The Hall–Kier alpha value is -0.440. The molecule has 2 aliphatic rings. The highest BCUT2D eigenvalue weighted by atomic mass is 16.7. The van der Waals surface area contributed by atoms with Crippen LogP contribution >= 0.6 is 0 Å². The average Bonchev–Trinajstić information content (AvgIpc) is 2.69. The van der Waals surface area contributed by atoms with E-state index in [1.807, 2.05) is 27.7 Å².